The molecule has 0 spiro atoms. The average molecular weight is 430 g/mol. The fourth-order valence-corrected chi connectivity index (χ4v) is 2.14. The second kappa shape index (κ2) is 13.4. The predicted octanol–water partition coefficient (Wildman–Crippen LogP) is 3.39. The number of hydrogen-bond donors (Lipinski definition) is 2. The third-order valence-electron chi connectivity index (χ3n) is 3.50. The van der Waals surface area contributed by atoms with E-state index in [1.807, 2.05) is 6.08 Å². The maximum absolute atomic E-state index is 4.58. The first-order chi connectivity index (χ1) is 10.7. The lowest BCUT2D eigenvalue weighted by Crippen LogP contribution is -2.37. The second-order valence-electron chi connectivity index (χ2n) is 5.14. The van der Waals surface area contributed by atoms with E-state index in [-0.39, 0.29) is 24.0 Å². The Labute approximate surface area is 158 Å². The molecule has 0 unspecified atom stereocenters. The van der Waals surface area contributed by atoms with Crippen LogP contribution in [0, 0.1) is 0 Å². The van der Waals surface area contributed by atoms with Crippen LogP contribution in [0.1, 0.15) is 31.9 Å². The molecule has 0 amide bonds. The number of rotatable bonds is 9. The number of benzene rings is 1. The highest BCUT2D eigenvalue weighted by Gasteiger charge is 2.01. The average Bonchev–Trinajstić information content (AvgIpc) is 2.56. The van der Waals surface area contributed by atoms with Crippen LogP contribution in [-0.2, 0) is 13.1 Å². The van der Waals surface area contributed by atoms with E-state index in [1.54, 1.807) is 0 Å². The predicted molar refractivity (Wildman–Crippen MR) is 111 cm³/mol. The Morgan fingerprint density at radius 2 is 1.70 bits per heavy atom. The van der Waals surface area contributed by atoms with Gasteiger partial charge in [-0.1, -0.05) is 44.2 Å². The van der Waals surface area contributed by atoms with Gasteiger partial charge in [0, 0.05) is 19.6 Å². The van der Waals surface area contributed by atoms with Crippen LogP contribution >= 0.6 is 24.0 Å². The molecule has 23 heavy (non-hydrogen) atoms. The van der Waals surface area contributed by atoms with E-state index in [2.05, 4.69) is 72.1 Å². The zero-order valence-corrected chi connectivity index (χ0v) is 17.0. The van der Waals surface area contributed by atoms with Crippen LogP contribution < -0.4 is 10.6 Å². The highest BCUT2D eigenvalue weighted by molar-refractivity contribution is 14.0. The molecule has 0 radical (unpaired) electrons. The zero-order chi connectivity index (χ0) is 16.2. The highest BCUT2D eigenvalue weighted by Crippen LogP contribution is 2.08. The number of nitrogens with zero attached hydrogens (tertiary/aromatic N) is 2. The molecule has 0 bridgehead atoms. The van der Waals surface area contributed by atoms with Gasteiger partial charge in [-0.3, -0.25) is 4.90 Å². The smallest absolute Gasteiger partial charge is 0.191 e. The van der Waals surface area contributed by atoms with Crippen molar-refractivity contribution in [1.29, 1.82) is 0 Å². The van der Waals surface area contributed by atoms with Gasteiger partial charge in [0.1, 0.15) is 0 Å². The van der Waals surface area contributed by atoms with E-state index in [0.717, 1.165) is 32.1 Å². The number of aliphatic imine (C=N–C) groups is 1. The lowest BCUT2D eigenvalue weighted by Gasteiger charge is -2.18. The first-order valence-electron chi connectivity index (χ1n) is 8.16. The molecule has 1 aromatic rings. The van der Waals surface area contributed by atoms with Gasteiger partial charge in [-0.2, -0.15) is 0 Å². The zero-order valence-electron chi connectivity index (χ0n) is 14.6. The third-order valence-corrected chi connectivity index (χ3v) is 3.50. The molecular formula is C18H31IN4. The van der Waals surface area contributed by atoms with Crippen molar-refractivity contribution in [3.8, 4) is 0 Å². The SMILES string of the molecule is C=CCNC(=NCc1ccc(CN(CC)CC)cc1)NCC.I. The number of guanidine groups is 1. The van der Waals surface area contributed by atoms with Crippen molar-refractivity contribution >= 4 is 29.9 Å². The topological polar surface area (TPSA) is 39.7 Å². The third kappa shape index (κ3) is 8.95. The van der Waals surface area contributed by atoms with E-state index in [0.29, 0.717) is 13.1 Å². The Balaban J connectivity index is 0.00000484. The molecule has 130 valence electrons. The van der Waals surface area contributed by atoms with E-state index < -0.39 is 0 Å². The van der Waals surface area contributed by atoms with Crippen molar-refractivity contribution < 1.29 is 0 Å². The van der Waals surface area contributed by atoms with Gasteiger partial charge in [-0.25, -0.2) is 4.99 Å². The van der Waals surface area contributed by atoms with Gasteiger partial charge in [0.15, 0.2) is 5.96 Å². The Hall–Kier alpha value is -1.08. The quantitative estimate of drug-likeness (QED) is 0.273. The summed E-state index contributed by atoms with van der Waals surface area (Å²) < 4.78 is 0. The molecule has 0 heterocycles. The van der Waals surface area contributed by atoms with Gasteiger partial charge < -0.3 is 10.6 Å². The summed E-state index contributed by atoms with van der Waals surface area (Å²) in [6.45, 7) is 15.6. The molecule has 0 aliphatic heterocycles. The maximum Gasteiger partial charge on any atom is 0.191 e. The van der Waals surface area contributed by atoms with Crippen LogP contribution in [0.25, 0.3) is 0 Å². The van der Waals surface area contributed by atoms with Gasteiger partial charge in [-0.15, -0.1) is 30.6 Å². The van der Waals surface area contributed by atoms with Crippen molar-refractivity contribution in [3.05, 3.63) is 48.0 Å². The van der Waals surface area contributed by atoms with Gasteiger partial charge in [-0.05, 0) is 31.1 Å². The summed E-state index contributed by atoms with van der Waals surface area (Å²) in [5, 5.41) is 6.43. The van der Waals surface area contributed by atoms with Crippen molar-refractivity contribution in [2.75, 3.05) is 26.2 Å². The first kappa shape index (κ1) is 21.9. The summed E-state index contributed by atoms with van der Waals surface area (Å²) in [5.74, 6) is 0.828. The van der Waals surface area contributed by atoms with Crippen LogP contribution in [0.15, 0.2) is 41.9 Å². The molecule has 5 heteroatoms. The van der Waals surface area contributed by atoms with E-state index >= 15 is 0 Å². The molecule has 1 rings (SSSR count). The van der Waals surface area contributed by atoms with Gasteiger partial charge in [0.05, 0.1) is 6.54 Å². The van der Waals surface area contributed by atoms with Crippen LogP contribution in [0.2, 0.25) is 0 Å². The van der Waals surface area contributed by atoms with Gasteiger partial charge in [0.2, 0.25) is 0 Å². The van der Waals surface area contributed by atoms with Crippen molar-refractivity contribution in [2.24, 2.45) is 4.99 Å². The normalized spacial score (nSPS) is 11.0. The summed E-state index contributed by atoms with van der Waals surface area (Å²) in [5.41, 5.74) is 2.58. The number of hydrogen-bond acceptors (Lipinski definition) is 2. The van der Waals surface area contributed by atoms with Crippen molar-refractivity contribution in [1.82, 2.24) is 15.5 Å². The monoisotopic (exact) mass is 430 g/mol. The fraction of sp³-hybridized carbons (Fsp3) is 0.500. The minimum Gasteiger partial charge on any atom is -0.357 e. The van der Waals surface area contributed by atoms with Crippen molar-refractivity contribution in [3.63, 3.8) is 0 Å². The number of nitrogens with one attached hydrogen (secondary N) is 2. The van der Waals surface area contributed by atoms with Crippen LogP contribution in [0.5, 0.6) is 0 Å². The second-order valence-corrected chi connectivity index (χ2v) is 5.14. The lowest BCUT2D eigenvalue weighted by atomic mass is 10.1. The van der Waals surface area contributed by atoms with E-state index in [1.165, 1.54) is 11.1 Å². The largest absolute Gasteiger partial charge is 0.357 e. The molecule has 0 aliphatic carbocycles. The minimum atomic E-state index is 0. The molecule has 2 N–H and O–H groups in total. The molecule has 0 saturated carbocycles. The molecular weight excluding hydrogens is 399 g/mol. The summed E-state index contributed by atoms with van der Waals surface area (Å²) in [6.07, 6.45) is 1.83. The maximum atomic E-state index is 4.58. The molecule has 0 atom stereocenters. The Morgan fingerprint density at radius 1 is 1.09 bits per heavy atom. The minimum absolute atomic E-state index is 0. The van der Waals surface area contributed by atoms with Gasteiger partial charge >= 0.3 is 0 Å². The molecule has 4 nitrogen and oxygen atoms in total. The fourth-order valence-electron chi connectivity index (χ4n) is 2.14. The standard InChI is InChI=1S/C18H30N4.HI/c1-5-13-20-18(19-6-2)21-14-16-9-11-17(12-10-16)15-22(7-3)8-4;/h5,9-12H,1,6-8,13-15H2,2-4H3,(H2,19,20,21);1H. The first-order valence-corrected chi connectivity index (χ1v) is 8.16. The molecule has 0 saturated heterocycles. The Kier molecular flexibility index (Phi) is 12.7. The molecule has 0 aromatic heterocycles. The molecule has 1 aromatic carbocycles. The summed E-state index contributed by atoms with van der Waals surface area (Å²) >= 11 is 0. The summed E-state index contributed by atoms with van der Waals surface area (Å²) in [4.78, 5) is 6.99. The number of halogens is 1. The summed E-state index contributed by atoms with van der Waals surface area (Å²) in [7, 11) is 0. The Bertz CT molecular complexity index is 453. The van der Waals surface area contributed by atoms with Gasteiger partial charge in [0.25, 0.3) is 0 Å². The van der Waals surface area contributed by atoms with Crippen LogP contribution in [0.4, 0.5) is 0 Å². The van der Waals surface area contributed by atoms with E-state index in [4.69, 9.17) is 0 Å². The Morgan fingerprint density at radius 3 is 2.22 bits per heavy atom. The van der Waals surface area contributed by atoms with E-state index in [9.17, 15) is 0 Å². The van der Waals surface area contributed by atoms with Crippen molar-refractivity contribution in [2.45, 2.75) is 33.9 Å². The summed E-state index contributed by atoms with van der Waals surface area (Å²) in [6, 6.07) is 8.74. The lowest BCUT2D eigenvalue weighted by molar-refractivity contribution is 0.296. The molecule has 0 aliphatic rings. The van der Waals surface area contributed by atoms with Crippen LogP contribution in [-0.4, -0.2) is 37.0 Å². The highest BCUT2D eigenvalue weighted by atomic mass is 127. The molecule has 0 fully saturated rings. The van der Waals surface area contributed by atoms with Crippen LogP contribution in [0.3, 0.4) is 0 Å².